The first-order chi connectivity index (χ1) is 8.63. The topological polar surface area (TPSA) is 125 Å². The molecule has 0 saturated heterocycles. The standard InChI is InChI=1S/C9H13N7O2/c1-6-13-8(18-15-6)2-3-11-7(17)4-16-5-12-9(10)14-16/h5H,2-4H2,1H3,(H2,10,14)(H,11,17). The van der Waals surface area contributed by atoms with Crippen molar-refractivity contribution in [2.24, 2.45) is 0 Å². The van der Waals surface area contributed by atoms with Crippen molar-refractivity contribution in [3.63, 3.8) is 0 Å². The molecule has 0 fully saturated rings. The van der Waals surface area contributed by atoms with Crippen LogP contribution in [0.2, 0.25) is 0 Å². The van der Waals surface area contributed by atoms with Crippen LogP contribution in [0.25, 0.3) is 0 Å². The smallest absolute Gasteiger partial charge is 0.241 e. The van der Waals surface area contributed by atoms with Crippen molar-refractivity contribution in [3.05, 3.63) is 18.0 Å². The summed E-state index contributed by atoms with van der Waals surface area (Å²) in [6.07, 6.45) is 1.89. The number of hydrogen-bond donors (Lipinski definition) is 2. The van der Waals surface area contributed by atoms with Crippen molar-refractivity contribution in [2.45, 2.75) is 19.9 Å². The quantitative estimate of drug-likeness (QED) is 0.691. The van der Waals surface area contributed by atoms with Gasteiger partial charge in [-0.1, -0.05) is 5.16 Å². The number of rotatable bonds is 5. The minimum atomic E-state index is -0.184. The van der Waals surface area contributed by atoms with Gasteiger partial charge < -0.3 is 15.6 Å². The maximum Gasteiger partial charge on any atom is 0.241 e. The highest BCUT2D eigenvalue weighted by Crippen LogP contribution is 1.95. The molecule has 9 nitrogen and oxygen atoms in total. The Bertz CT molecular complexity index is 533. The zero-order valence-electron chi connectivity index (χ0n) is 9.83. The van der Waals surface area contributed by atoms with Crippen LogP contribution in [0.15, 0.2) is 10.9 Å². The number of carbonyl (C=O) groups is 1. The molecule has 18 heavy (non-hydrogen) atoms. The Morgan fingerprint density at radius 3 is 3.06 bits per heavy atom. The lowest BCUT2D eigenvalue weighted by molar-refractivity contribution is -0.121. The van der Waals surface area contributed by atoms with Crippen LogP contribution in [-0.4, -0.2) is 37.4 Å². The first kappa shape index (κ1) is 12.0. The fourth-order valence-electron chi connectivity index (χ4n) is 1.34. The number of anilines is 1. The minimum absolute atomic E-state index is 0.0764. The molecule has 3 N–H and O–H groups in total. The third-order valence-corrected chi connectivity index (χ3v) is 2.09. The largest absolute Gasteiger partial charge is 0.367 e. The summed E-state index contributed by atoms with van der Waals surface area (Å²) in [5.41, 5.74) is 5.33. The molecular weight excluding hydrogens is 238 g/mol. The van der Waals surface area contributed by atoms with E-state index in [9.17, 15) is 4.79 Å². The SMILES string of the molecule is Cc1noc(CCNC(=O)Cn2cnc(N)n2)n1. The zero-order valence-corrected chi connectivity index (χ0v) is 9.83. The average Bonchev–Trinajstić information content (AvgIpc) is 2.88. The van der Waals surface area contributed by atoms with E-state index in [1.807, 2.05) is 0 Å². The van der Waals surface area contributed by atoms with E-state index in [0.29, 0.717) is 24.7 Å². The van der Waals surface area contributed by atoms with Crippen molar-refractivity contribution in [3.8, 4) is 0 Å². The number of hydrogen-bond acceptors (Lipinski definition) is 7. The average molecular weight is 251 g/mol. The Labute approximate surface area is 102 Å². The highest BCUT2D eigenvalue weighted by atomic mass is 16.5. The van der Waals surface area contributed by atoms with Crippen LogP contribution in [-0.2, 0) is 17.8 Å². The summed E-state index contributed by atoms with van der Waals surface area (Å²) >= 11 is 0. The predicted molar refractivity (Wildman–Crippen MR) is 60.2 cm³/mol. The number of nitrogens with one attached hydrogen (secondary N) is 1. The van der Waals surface area contributed by atoms with Crippen molar-refractivity contribution < 1.29 is 9.32 Å². The van der Waals surface area contributed by atoms with Gasteiger partial charge in [-0.15, -0.1) is 5.10 Å². The molecule has 1 amide bonds. The molecule has 0 spiro atoms. The van der Waals surface area contributed by atoms with E-state index < -0.39 is 0 Å². The van der Waals surface area contributed by atoms with Crippen LogP contribution in [0.4, 0.5) is 5.95 Å². The second-order valence-corrected chi connectivity index (χ2v) is 3.64. The number of aromatic nitrogens is 5. The maximum absolute atomic E-state index is 11.5. The summed E-state index contributed by atoms with van der Waals surface area (Å²) in [6.45, 7) is 2.23. The first-order valence-electron chi connectivity index (χ1n) is 5.34. The molecule has 2 heterocycles. The van der Waals surface area contributed by atoms with Crippen molar-refractivity contribution in [2.75, 3.05) is 12.3 Å². The molecule has 0 radical (unpaired) electrons. The summed E-state index contributed by atoms with van der Waals surface area (Å²) < 4.78 is 6.27. The van der Waals surface area contributed by atoms with E-state index in [4.69, 9.17) is 10.3 Å². The van der Waals surface area contributed by atoms with Crippen LogP contribution in [0, 0.1) is 6.92 Å². The highest BCUT2D eigenvalue weighted by molar-refractivity contribution is 5.75. The monoisotopic (exact) mass is 251 g/mol. The van der Waals surface area contributed by atoms with E-state index >= 15 is 0 Å². The van der Waals surface area contributed by atoms with Gasteiger partial charge in [-0.05, 0) is 6.92 Å². The van der Waals surface area contributed by atoms with Gasteiger partial charge in [-0.2, -0.15) is 4.98 Å². The minimum Gasteiger partial charge on any atom is -0.367 e. The molecule has 0 aliphatic heterocycles. The van der Waals surface area contributed by atoms with Gasteiger partial charge in [0.2, 0.25) is 17.7 Å². The van der Waals surface area contributed by atoms with Crippen LogP contribution in [0.1, 0.15) is 11.7 Å². The van der Waals surface area contributed by atoms with Crippen LogP contribution < -0.4 is 11.1 Å². The van der Waals surface area contributed by atoms with E-state index in [2.05, 4.69) is 25.5 Å². The normalized spacial score (nSPS) is 10.5. The number of carbonyl (C=O) groups excluding carboxylic acids is 1. The predicted octanol–water partition coefficient (Wildman–Crippen LogP) is -1.09. The molecule has 0 aliphatic carbocycles. The molecule has 2 rings (SSSR count). The van der Waals surface area contributed by atoms with Crippen LogP contribution in [0.3, 0.4) is 0 Å². The third kappa shape index (κ3) is 3.27. The molecule has 2 aromatic heterocycles. The number of aryl methyl sites for hydroxylation is 1. The molecule has 9 heteroatoms. The molecule has 0 saturated carbocycles. The molecule has 0 unspecified atom stereocenters. The van der Waals surface area contributed by atoms with Crippen molar-refractivity contribution in [1.82, 2.24) is 30.2 Å². The molecule has 0 aromatic carbocycles. The fourth-order valence-corrected chi connectivity index (χ4v) is 1.34. The van der Waals surface area contributed by atoms with Gasteiger partial charge in [0.1, 0.15) is 12.9 Å². The van der Waals surface area contributed by atoms with E-state index in [-0.39, 0.29) is 18.4 Å². The lowest BCUT2D eigenvalue weighted by atomic mass is 10.4. The summed E-state index contributed by atoms with van der Waals surface area (Å²) in [7, 11) is 0. The second-order valence-electron chi connectivity index (χ2n) is 3.64. The van der Waals surface area contributed by atoms with Crippen molar-refractivity contribution in [1.29, 1.82) is 0 Å². The van der Waals surface area contributed by atoms with Gasteiger partial charge in [-0.25, -0.2) is 9.67 Å². The molecule has 0 atom stereocenters. The van der Waals surface area contributed by atoms with Gasteiger partial charge in [-0.3, -0.25) is 4.79 Å². The molecule has 0 aliphatic rings. The number of nitrogen functional groups attached to an aromatic ring is 1. The fraction of sp³-hybridized carbons (Fsp3) is 0.444. The summed E-state index contributed by atoms with van der Waals surface area (Å²) in [5, 5.41) is 10.2. The Morgan fingerprint density at radius 2 is 2.44 bits per heavy atom. The van der Waals surface area contributed by atoms with Gasteiger partial charge in [0.25, 0.3) is 0 Å². The number of nitrogens with two attached hydrogens (primary N) is 1. The van der Waals surface area contributed by atoms with Crippen molar-refractivity contribution >= 4 is 11.9 Å². The Morgan fingerprint density at radius 1 is 1.61 bits per heavy atom. The third-order valence-electron chi connectivity index (χ3n) is 2.09. The summed E-state index contributed by atoms with van der Waals surface area (Å²) in [4.78, 5) is 19.2. The van der Waals surface area contributed by atoms with Crippen LogP contribution in [0.5, 0.6) is 0 Å². The Kier molecular flexibility index (Phi) is 3.51. The molecule has 0 bridgehead atoms. The van der Waals surface area contributed by atoms with E-state index in [1.165, 1.54) is 11.0 Å². The van der Waals surface area contributed by atoms with E-state index in [0.717, 1.165) is 0 Å². The molecule has 96 valence electrons. The molecular formula is C9H13N7O2. The zero-order chi connectivity index (χ0) is 13.0. The van der Waals surface area contributed by atoms with Crippen LogP contribution >= 0.6 is 0 Å². The second kappa shape index (κ2) is 5.25. The Balaban J connectivity index is 1.72. The van der Waals surface area contributed by atoms with Gasteiger partial charge in [0.05, 0.1) is 0 Å². The summed E-state index contributed by atoms with van der Waals surface area (Å²) in [5.74, 6) is 1.03. The van der Waals surface area contributed by atoms with E-state index in [1.54, 1.807) is 6.92 Å². The first-order valence-corrected chi connectivity index (χ1v) is 5.34. The van der Waals surface area contributed by atoms with Gasteiger partial charge in [0, 0.05) is 13.0 Å². The van der Waals surface area contributed by atoms with Gasteiger partial charge >= 0.3 is 0 Å². The number of amides is 1. The van der Waals surface area contributed by atoms with Gasteiger partial charge in [0.15, 0.2) is 5.82 Å². The maximum atomic E-state index is 11.5. The number of nitrogens with zero attached hydrogens (tertiary/aromatic N) is 5. The summed E-state index contributed by atoms with van der Waals surface area (Å²) in [6, 6.07) is 0. The highest BCUT2D eigenvalue weighted by Gasteiger charge is 2.06. The lowest BCUT2D eigenvalue weighted by Gasteiger charge is -2.02. The molecule has 2 aromatic rings. The Hall–Kier alpha value is -2.45. The lowest BCUT2D eigenvalue weighted by Crippen LogP contribution is -2.29.